The highest BCUT2D eigenvalue weighted by Crippen LogP contribution is 2.22. The van der Waals surface area contributed by atoms with Crippen molar-refractivity contribution in [2.24, 2.45) is 0 Å². The van der Waals surface area contributed by atoms with Crippen LogP contribution in [0.25, 0.3) is 0 Å². The number of carbonyl (C=O) groups excluding carboxylic acids is 1. The van der Waals surface area contributed by atoms with E-state index in [0.29, 0.717) is 12.0 Å². The summed E-state index contributed by atoms with van der Waals surface area (Å²) < 4.78 is 0. The van der Waals surface area contributed by atoms with Crippen molar-refractivity contribution < 1.29 is 14.7 Å². The number of rotatable bonds is 6. The van der Waals surface area contributed by atoms with Crippen LogP contribution in [-0.4, -0.2) is 23.0 Å². The Kier molecular flexibility index (Phi) is 6.11. The Morgan fingerprint density at radius 2 is 1.86 bits per heavy atom. The minimum atomic E-state index is -1.09. The Balaban J connectivity index is 2.74. The number of carbonyl (C=O) groups is 2. The van der Waals surface area contributed by atoms with Crippen LogP contribution in [0.5, 0.6) is 0 Å². The number of unbranched alkanes of at least 4 members (excludes halogenated alkanes) is 1. The summed E-state index contributed by atoms with van der Waals surface area (Å²) in [6, 6.07) is 8.14. The van der Waals surface area contributed by atoms with Gasteiger partial charge in [0.1, 0.15) is 6.04 Å². The molecule has 0 heterocycles. The zero-order valence-corrected chi connectivity index (χ0v) is 13.2. The molecule has 0 spiro atoms. The quantitative estimate of drug-likeness (QED) is 0.791. The fourth-order valence-corrected chi connectivity index (χ4v) is 2.01. The Morgan fingerprint density at radius 3 is 2.32 bits per heavy atom. The van der Waals surface area contributed by atoms with E-state index in [4.69, 9.17) is 10.4 Å². The fraction of sp³-hybridized carbons (Fsp3) is 0.471. The largest absolute Gasteiger partial charge is 0.480 e. The zero-order chi connectivity index (χ0) is 16.8. The van der Waals surface area contributed by atoms with Crippen molar-refractivity contribution in [2.75, 3.05) is 0 Å². The first-order valence-corrected chi connectivity index (χ1v) is 7.27. The fourth-order valence-electron chi connectivity index (χ4n) is 2.01. The molecule has 1 rings (SSSR count). The Hall–Kier alpha value is -2.35. The summed E-state index contributed by atoms with van der Waals surface area (Å²) in [6.07, 6.45) is 0.964. The molecule has 5 nitrogen and oxygen atoms in total. The molecule has 5 heteroatoms. The van der Waals surface area contributed by atoms with E-state index >= 15 is 0 Å². The minimum Gasteiger partial charge on any atom is -0.480 e. The lowest BCUT2D eigenvalue weighted by Gasteiger charge is -2.19. The van der Waals surface area contributed by atoms with Crippen LogP contribution in [-0.2, 0) is 10.2 Å². The first kappa shape index (κ1) is 17.7. The van der Waals surface area contributed by atoms with Gasteiger partial charge in [-0.05, 0) is 36.0 Å². The average molecular weight is 302 g/mol. The van der Waals surface area contributed by atoms with E-state index in [2.05, 4.69) is 26.1 Å². The van der Waals surface area contributed by atoms with Gasteiger partial charge in [0.2, 0.25) is 0 Å². The van der Waals surface area contributed by atoms with E-state index < -0.39 is 17.9 Å². The molecule has 1 aromatic rings. The second kappa shape index (κ2) is 7.60. The van der Waals surface area contributed by atoms with Gasteiger partial charge in [-0.2, -0.15) is 5.26 Å². The average Bonchev–Trinajstić information content (AvgIpc) is 2.45. The standard InChI is InChI=1S/C17H22N2O3/c1-17(2,3)13-9-7-12(8-10-13)15(20)19-14(16(21)22)6-4-5-11-18/h7-10,14H,4-6H2,1-3H3,(H,19,20)(H,21,22)/t14-/m0/s1. The number of nitriles is 1. The third-order valence-electron chi connectivity index (χ3n) is 3.40. The number of hydrogen-bond donors (Lipinski definition) is 2. The van der Waals surface area contributed by atoms with Crippen LogP contribution in [0.15, 0.2) is 24.3 Å². The van der Waals surface area contributed by atoms with Crippen LogP contribution in [0.4, 0.5) is 0 Å². The molecular formula is C17H22N2O3. The van der Waals surface area contributed by atoms with Crippen molar-refractivity contribution in [1.29, 1.82) is 5.26 Å². The summed E-state index contributed by atoms with van der Waals surface area (Å²) in [5.74, 6) is -1.50. The molecule has 0 radical (unpaired) electrons. The van der Waals surface area contributed by atoms with Gasteiger partial charge in [-0.1, -0.05) is 32.9 Å². The normalized spacial score (nSPS) is 12.3. The monoisotopic (exact) mass is 302 g/mol. The van der Waals surface area contributed by atoms with Crippen LogP contribution < -0.4 is 5.32 Å². The molecule has 0 fully saturated rings. The van der Waals surface area contributed by atoms with Gasteiger partial charge in [-0.15, -0.1) is 0 Å². The molecule has 0 aliphatic rings. The maximum absolute atomic E-state index is 12.1. The number of benzene rings is 1. The number of nitrogens with one attached hydrogen (secondary N) is 1. The number of nitrogens with zero attached hydrogens (tertiary/aromatic N) is 1. The second-order valence-electron chi connectivity index (χ2n) is 6.24. The summed E-state index contributed by atoms with van der Waals surface area (Å²) >= 11 is 0. The third kappa shape index (κ3) is 5.21. The summed E-state index contributed by atoms with van der Waals surface area (Å²) in [4.78, 5) is 23.3. The van der Waals surface area contributed by atoms with Gasteiger partial charge in [0.25, 0.3) is 5.91 Å². The summed E-state index contributed by atoms with van der Waals surface area (Å²) in [7, 11) is 0. The van der Waals surface area contributed by atoms with Crippen molar-refractivity contribution in [1.82, 2.24) is 5.32 Å². The van der Waals surface area contributed by atoms with Crippen molar-refractivity contribution in [3.8, 4) is 6.07 Å². The van der Waals surface area contributed by atoms with Gasteiger partial charge in [-0.3, -0.25) is 4.79 Å². The first-order chi connectivity index (χ1) is 10.3. The van der Waals surface area contributed by atoms with E-state index in [1.165, 1.54) is 0 Å². The number of aliphatic carboxylic acids is 1. The smallest absolute Gasteiger partial charge is 0.326 e. The van der Waals surface area contributed by atoms with Crippen molar-refractivity contribution in [3.63, 3.8) is 0 Å². The van der Waals surface area contributed by atoms with Gasteiger partial charge in [0, 0.05) is 12.0 Å². The van der Waals surface area contributed by atoms with Crippen molar-refractivity contribution in [3.05, 3.63) is 35.4 Å². The van der Waals surface area contributed by atoms with Gasteiger partial charge in [0.05, 0.1) is 6.07 Å². The summed E-state index contributed by atoms with van der Waals surface area (Å²) in [6.45, 7) is 6.24. The highest BCUT2D eigenvalue weighted by molar-refractivity contribution is 5.96. The first-order valence-electron chi connectivity index (χ1n) is 7.27. The van der Waals surface area contributed by atoms with Crippen LogP contribution in [0.2, 0.25) is 0 Å². The van der Waals surface area contributed by atoms with Crippen LogP contribution in [0, 0.1) is 11.3 Å². The van der Waals surface area contributed by atoms with Crippen LogP contribution in [0.1, 0.15) is 56.0 Å². The Labute approximate surface area is 131 Å². The minimum absolute atomic E-state index is 0.00407. The molecule has 0 saturated heterocycles. The lowest BCUT2D eigenvalue weighted by Crippen LogP contribution is -2.40. The van der Waals surface area contributed by atoms with E-state index in [1.54, 1.807) is 12.1 Å². The van der Waals surface area contributed by atoms with Gasteiger partial charge < -0.3 is 10.4 Å². The molecule has 2 N–H and O–H groups in total. The highest BCUT2D eigenvalue weighted by Gasteiger charge is 2.20. The predicted octanol–water partition coefficient (Wildman–Crippen LogP) is 2.86. The molecule has 0 aromatic heterocycles. The summed E-state index contributed by atoms with van der Waals surface area (Å²) in [5.41, 5.74) is 1.53. The number of carboxylic acids is 1. The van der Waals surface area contributed by atoms with E-state index in [-0.39, 0.29) is 18.3 Å². The molecule has 0 unspecified atom stereocenters. The zero-order valence-electron chi connectivity index (χ0n) is 13.2. The second-order valence-corrected chi connectivity index (χ2v) is 6.24. The van der Waals surface area contributed by atoms with Gasteiger partial charge >= 0.3 is 5.97 Å². The van der Waals surface area contributed by atoms with Crippen LogP contribution >= 0.6 is 0 Å². The predicted molar refractivity (Wildman–Crippen MR) is 83.5 cm³/mol. The molecule has 22 heavy (non-hydrogen) atoms. The molecule has 0 bridgehead atoms. The van der Waals surface area contributed by atoms with E-state index in [1.807, 2.05) is 18.2 Å². The number of hydrogen-bond acceptors (Lipinski definition) is 3. The third-order valence-corrected chi connectivity index (χ3v) is 3.40. The molecular weight excluding hydrogens is 280 g/mol. The lowest BCUT2D eigenvalue weighted by atomic mass is 9.86. The maximum Gasteiger partial charge on any atom is 0.326 e. The lowest BCUT2D eigenvalue weighted by molar-refractivity contribution is -0.139. The van der Waals surface area contributed by atoms with Crippen LogP contribution in [0.3, 0.4) is 0 Å². The summed E-state index contributed by atoms with van der Waals surface area (Å²) in [5, 5.41) is 20.1. The SMILES string of the molecule is CC(C)(C)c1ccc(C(=O)N[C@@H](CCCC#N)C(=O)O)cc1. The van der Waals surface area contributed by atoms with Gasteiger partial charge in [-0.25, -0.2) is 4.79 Å². The van der Waals surface area contributed by atoms with Crippen molar-refractivity contribution in [2.45, 2.75) is 51.5 Å². The number of carboxylic acid groups (broad SMARTS) is 1. The van der Waals surface area contributed by atoms with E-state index in [0.717, 1.165) is 5.56 Å². The maximum atomic E-state index is 12.1. The highest BCUT2D eigenvalue weighted by atomic mass is 16.4. The topological polar surface area (TPSA) is 90.2 Å². The number of amides is 1. The Bertz CT molecular complexity index is 565. The molecule has 1 atom stereocenters. The molecule has 0 aliphatic carbocycles. The molecule has 118 valence electrons. The van der Waals surface area contributed by atoms with Crippen molar-refractivity contribution >= 4 is 11.9 Å². The van der Waals surface area contributed by atoms with Gasteiger partial charge in [0.15, 0.2) is 0 Å². The molecule has 0 saturated carbocycles. The molecule has 0 aliphatic heterocycles. The molecule has 1 amide bonds. The van der Waals surface area contributed by atoms with E-state index in [9.17, 15) is 9.59 Å². The molecule has 1 aromatic carbocycles. The Morgan fingerprint density at radius 1 is 1.27 bits per heavy atom.